The Hall–Kier alpha value is -0.870. The van der Waals surface area contributed by atoms with Crippen molar-refractivity contribution in [2.75, 3.05) is 0 Å². The number of nitrogens with two attached hydrogens (primary N) is 1. The van der Waals surface area contributed by atoms with E-state index in [4.69, 9.17) is 5.73 Å². The largest absolute Gasteiger partial charge is 0.349 e. The number of thiophene rings is 1. The molecular formula is C13H20N2OS. The maximum atomic E-state index is 12.1. The van der Waals surface area contributed by atoms with Crippen LogP contribution in [0.25, 0.3) is 0 Å². The summed E-state index contributed by atoms with van der Waals surface area (Å²) in [7, 11) is 0. The van der Waals surface area contributed by atoms with E-state index < -0.39 is 6.04 Å². The Morgan fingerprint density at radius 2 is 2.18 bits per heavy atom. The van der Waals surface area contributed by atoms with E-state index in [9.17, 15) is 4.79 Å². The predicted octanol–water partition coefficient (Wildman–Crippen LogP) is 2.59. The fourth-order valence-electron chi connectivity index (χ4n) is 2.43. The minimum atomic E-state index is -0.520. The molecule has 1 unspecified atom stereocenters. The van der Waals surface area contributed by atoms with Crippen molar-refractivity contribution >= 4 is 17.2 Å². The number of carbonyl (C=O) groups is 1. The predicted molar refractivity (Wildman–Crippen MR) is 70.9 cm³/mol. The Labute approximate surface area is 106 Å². The molecule has 4 heteroatoms. The maximum absolute atomic E-state index is 12.1. The van der Waals surface area contributed by atoms with Gasteiger partial charge in [-0.1, -0.05) is 25.3 Å². The van der Waals surface area contributed by atoms with E-state index in [1.165, 1.54) is 30.6 Å². The number of amides is 1. The zero-order valence-electron chi connectivity index (χ0n) is 10.2. The van der Waals surface area contributed by atoms with Gasteiger partial charge in [0.2, 0.25) is 5.91 Å². The van der Waals surface area contributed by atoms with E-state index in [1.54, 1.807) is 0 Å². The van der Waals surface area contributed by atoms with Gasteiger partial charge in [-0.2, -0.15) is 0 Å². The quantitative estimate of drug-likeness (QED) is 0.868. The summed E-state index contributed by atoms with van der Waals surface area (Å²) >= 11 is 1.53. The van der Waals surface area contributed by atoms with Crippen LogP contribution in [0.3, 0.4) is 0 Å². The minimum Gasteiger partial charge on any atom is -0.349 e. The Bertz CT molecular complexity index is 369. The summed E-state index contributed by atoms with van der Waals surface area (Å²) in [5, 5.41) is 5.08. The summed E-state index contributed by atoms with van der Waals surface area (Å²) in [5.41, 5.74) is 5.91. The number of hydrogen-bond acceptors (Lipinski definition) is 3. The number of rotatable bonds is 3. The van der Waals surface area contributed by atoms with E-state index >= 15 is 0 Å². The lowest BCUT2D eigenvalue weighted by atomic mass is 9.83. The molecule has 1 atom stereocenters. The zero-order chi connectivity index (χ0) is 12.3. The topological polar surface area (TPSA) is 55.1 Å². The summed E-state index contributed by atoms with van der Waals surface area (Å²) < 4.78 is 0. The number of nitrogens with one attached hydrogen (secondary N) is 1. The average molecular weight is 252 g/mol. The first-order valence-corrected chi connectivity index (χ1v) is 7.10. The summed E-state index contributed by atoms with van der Waals surface area (Å²) in [4.78, 5) is 13.0. The molecule has 17 heavy (non-hydrogen) atoms. The van der Waals surface area contributed by atoms with Gasteiger partial charge in [0.1, 0.15) is 6.04 Å². The number of carbonyl (C=O) groups excluding carboxylic acids is 1. The highest BCUT2D eigenvalue weighted by atomic mass is 32.1. The summed E-state index contributed by atoms with van der Waals surface area (Å²) in [6, 6.07) is 3.32. The van der Waals surface area contributed by atoms with Crippen LogP contribution in [-0.2, 0) is 4.79 Å². The highest BCUT2D eigenvalue weighted by Gasteiger charge is 2.30. The van der Waals surface area contributed by atoms with Crippen molar-refractivity contribution in [3.05, 3.63) is 22.4 Å². The molecule has 1 aliphatic carbocycles. The SMILES string of the molecule is CC1(NC(=O)C(N)c2cccs2)CCCCC1. The Kier molecular flexibility index (Phi) is 3.84. The molecule has 1 amide bonds. The van der Waals surface area contributed by atoms with Crippen LogP contribution in [0.15, 0.2) is 17.5 Å². The van der Waals surface area contributed by atoms with Crippen LogP contribution in [0.1, 0.15) is 49.9 Å². The van der Waals surface area contributed by atoms with Crippen molar-refractivity contribution in [2.45, 2.75) is 50.6 Å². The summed E-state index contributed by atoms with van der Waals surface area (Å²) in [6.07, 6.45) is 5.81. The first kappa shape index (κ1) is 12.6. The molecule has 0 saturated heterocycles. The van der Waals surface area contributed by atoms with Crippen molar-refractivity contribution in [1.82, 2.24) is 5.32 Å². The Balaban J connectivity index is 1.96. The molecule has 3 nitrogen and oxygen atoms in total. The van der Waals surface area contributed by atoms with Crippen LogP contribution in [0.4, 0.5) is 0 Å². The van der Waals surface area contributed by atoms with Crippen molar-refractivity contribution in [1.29, 1.82) is 0 Å². The molecule has 3 N–H and O–H groups in total. The molecule has 0 bridgehead atoms. The summed E-state index contributed by atoms with van der Waals surface area (Å²) in [6.45, 7) is 2.13. The van der Waals surface area contributed by atoms with Crippen LogP contribution in [0.5, 0.6) is 0 Å². The molecule has 1 aromatic rings. The number of hydrogen-bond donors (Lipinski definition) is 2. The molecule has 2 rings (SSSR count). The standard InChI is InChI=1S/C13H20N2OS/c1-13(7-3-2-4-8-13)15-12(16)11(14)10-6-5-9-17-10/h5-6,9,11H,2-4,7-8,14H2,1H3,(H,15,16). The van der Waals surface area contributed by atoms with Crippen molar-refractivity contribution in [2.24, 2.45) is 5.73 Å². The van der Waals surface area contributed by atoms with Gasteiger partial charge >= 0.3 is 0 Å². The third-order valence-electron chi connectivity index (χ3n) is 3.51. The van der Waals surface area contributed by atoms with Gasteiger partial charge in [0.05, 0.1) is 0 Å². The Morgan fingerprint density at radius 1 is 1.47 bits per heavy atom. The summed E-state index contributed by atoms with van der Waals surface area (Å²) in [5.74, 6) is -0.0446. The molecule has 1 heterocycles. The maximum Gasteiger partial charge on any atom is 0.242 e. The van der Waals surface area contributed by atoms with Crippen LogP contribution in [-0.4, -0.2) is 11.4 Å². The van der Waals surface area contributed by atoms with Crippen molar-refractivity contribution in [3.8, 4) is 0 Å². The van der Waals surface area contributed by atoms with Crippen LogP contribution in [0.2, 0.25) is 0 Å². The lowest BCUT2D eigenvalue weighted by Gasteiger charge is -2.35. The fraction of sp³-hybridized carbons (Fsp3) is 0.615. The van der Waals surface area contributed by atoms with Gasteiger partial charge in [-0.05, 0) is 31.2 Å². The van der Waals surface area contributed by atoms with Crippen molar-refractivity contribution in [3.63, 3.8) is 0 Å². The molecule has 0 aliphatic heterocycles. The second-order valence-corrected chi connectivity index (χ2v) is 6.08. The van der Waals surface area contributed by atoms with Gasteiger partial charge in [0, 0.05) is 10.4 Å². The monoisotopic (exact) mass is 252 g/mol. The second-order valence-electron chi connectivity index (χ2n) is 5.10. The molecule has 1 saturated carbocycles. The first-order chi connectivity index (χ1) is 8.11. The zero-order valence-corrected chi connectivity index (χ0v) is 11.1. The van der Waals surface area contributed by atoms with Gasteiger partial charge in [0.25, 0.3) is 0 Å². The first-order valence-electron chi connectivity index (χ1n) is 6.22. The van der Waals surface area contributed by atoms with E-state index in [2.05, 4.69) is 12.2 Å². The van der Waals surface area contributed by atoms with Gasteiger partial charge in [-0.25, -0.2) is 0 Å². The normalized spacial score (nSPS) is 20.8. The highest BCUT2D eigenvalue weighted by Crippen LogP contribution is 2.28. The van der Waals surface area contributed by atoms with Crippen LogP contribution < -0.4 is 11.1 Å². The van der Waals surface area contributed by atoms with E-state index in [-0.39, 0.29) is 11.4 Å². The fourth-order valence-corrected chi connectivity index (χ4v) is 3.15. The van der Waals surface area contributed by atoms with E-state index in [0.29, 0.717) is 0 Å². The van der Waals surface area contributed by atoms with Gasteiger partial charge in [-0.15, -0.1) is 11.3 Å². The molecule has 1 fully saturated rings. The lowest BCUT2D eigenvalue weighted by molar-refractivity contribution is -0.124. The third-order valence-corrected chi connectivity index (χ3v) is 4.47. The van der Waals surface area contributed by atoms with Gasteiger partial charge < -0.3 is 11.1 Å². The average Bonchev–Trinajstić information content (AvgIpc) is 2.81. The van der Waals surface area contributed by atoms with Gasteiger partial charge in [0.15, 0.2) is 0 Å². The van der Waals surface area contributed by atoms with Gasteiger partial charge in [-0.3, -0.25) is 4.79 Å². The lowest BCUT2D eigenvalue weighted by Crippen LogP contribution is -2.50. The van der Waals surface area contributed by atoms with E-state index in [1.807, 2.05) is 17.5 Å². The molecule has 0 aromatic carbocycles. The smallest absolute Gasteiger partial charge is 0.242 e. The van der Waals surface area contributed by atoms with Crippen LogP contribution >= 0.6 is 11.3 Å². The Morgan fingerprint density at radius 3 is 2.76 bits per heavy atom. The van der Waals surface area contributed by atoms with Crippen molar-refractivity contribution < 1.29 is 4.79 Å². The molecule has 1 aliphatic rings. The molecular weight excluding hydrogens is 232 g/mol. The molecule has 0 radical (unpaired) electrons. The highest BCUT2D eigenvalue weighted by molar-refractivity contribution is 7.10. The van der Waals surface area contributed by atoms with Crippen LogP contribution in [0, 0.1) is 0 Å². The second kappa shape index (κ2) is 5.19. The third kappa shape index (κ3) is 3.07. The van der Waals surface area contributed by atoms with E-state index in [0.717, 1.165) is 17.7 Å². The molecule has 1 aromatic heterocycles. The molecule has 0 spiro atoms. The minimum absolute atomic E-state index is 0.0446. The molecule has 94 valence electrons.